The molecule has 0 spiro atoms. The van der Waals surface area contributed by atoms with Gasteiger partial charge in [0.2, 0.25) is 5.91 Å². The smallest absolute Gasteiger partial charge is 0.228 e. The fraction of sp³-hybridized carbons (Fsp3) is 0.211. The Hall–Kier alpha value is -2.26. The van der Waals surface area contributed by atoms with Crippen LogP contribution < -0.4 is 5.32 Å². The number of hydrogen-bond acceptors (Lipinski definition) is 1. The van der Waals surface area contributed by atoms with Crippen molar-refractivity contribution in [2.45, 2.75) is 27.2 Å². The summed E-state index contributed by atoms with van der Waals surface area (Å²) < 4.78 is 0. The highest BCUT2D eigenvalue weighted by molar-refractivity contribution is 6.30. The first-order valence-corrected chi connectivity index (χ1v) is 7.95. The fourth-order valence-electron chi connectivity index (χ4n) is 2.96. The molecule has 4 heteroatoms. The van der Waals surface area contributed by atoms with Crippen molar-refractivity contribution in [3.05, 3.63) is 63.8 Å². The Morgan fingerprint density at radius 1 is 1.13 bits per heavy atom. The maximum Gasteiger partial charge on any atom is 0.228 e. The van der Waals surface area contributed by atoms with E-state index in [1.165, 1.54) is 11.1 Å². The maximum absolute atomic E-state index is 12.4. The Labute approximate surface area is 140 Å². The van der Waals surface area contributed by atoms with Crippen LogP contribution >= 0.6 is 11.6 Å². The molecule has 0 saturated heterocycles. The standard InChI is InChI=1S/C19H19ClN2O/c1-11-8-12(2)19-17(9-11)16(13(3)21-19)10-18(23)22-15-6-4-14(20)5-7-15/h4-9,21H,10H2,1-3H3,(H,22,23). The third-order valence-electron chi connectivity index (χ3n) is 4.04. The Bertz CT molecular complexity index is 879. The Morgan fingerprint density at radius 3 is 2.52 bits per heavy atom. The number of aromatic nitrogens is 1. The van der Waals surface area contributed by atoms with Crippen molar-refractivity contribution < 1.29 is 4.79 Å². The van der Waals surface area contributed by atoms with Crippen molar-refractivity contribution in [1.29, 1.82) is 0 Å². The van der Waals surface area contributed by atoms with Gasteiger partial charge in [0.15, 0.2) is 0 Å². The Kier molecular flexibility index (Phi) is 4.14. The van der Waals surface area contributed by atoms with E-state index in [0.29, 0.717) is 11.4 Å². The highest BCUT2D eigenvalue weighted by Crippen LogP contribution is 2.27. The molecule has 3 nitrogen and oxygen atoms in total. The summed E-state index contributed by atoms with van der Waals surface area (Å²) in [6, 6.07) is 11.4. The van der Waals surface area contributed by atoms with Crippen molar-refractivity contribution in [2.24, 2.45) is 0 Å². The summed E-state index contributed by atoms with van der Waals surface area (Å²) in [7, 11) is 0. The minimum atomic E-state index is -0.0320. The lowest BCUT2D eigenvalue weighted by molar-refractivity contribution is -0.115. The molecule has 0 fully saturated rings. The second kappa shape index (κ2) is 6.09. The number of rotatable bonds is 3. The molecule has 0 aliphatic carbocycles. The Balaban J connectivity index is 1.87. The van der Waals surface area contributed by atoms with E-state index in [-0.39, 0.29) is 5.91 Å². The number of anilines is 1. The molecule has 0 unspecified atom stereocenters. The first kappa shape index (κ1) is 15.6. The van der Waals surface area contributed by atoms with Gasteiger partial charge in [-0.25, -0.2) is 0 Å². The number of aromatic amines is 1. The average Bonchev–Trinajstić information content (AvgIpc) is 2.79. The van der Waals surface area contributed by atoms with Crippen molar-refractivity contribution >= 4 is 34.1 Å². The van der Waals surface area contributed by atoms with Crippen LogP contribution in [0.5, 0.6) is 0 Å². The number of amides is 1. The van der Waals surface area contributed by atoms with Gasteiger partial charge in [0.05, 0.1) is 6.42 Å². The third-order valence-corrected chi connectivity index (χ3v) is 4.29. The molecule has 23 heavy (non-hydrogen) atoms. The minimum Gasteiger partial charge on any atom is -0.358 e. The molecule has 1 aromatic heterocycles. The van der Waals surface area contributed by atoms with E-state index in [4.69, 9.17) is 11.6 Å². The quantitative estimate of drug-likeness (QED) is 0.704. The van der Waals surface area contributed by atoms with Gasteiger partial charge >= 0.3 is 0 Å². The molecule has 2 aromatic carbocycles. The van der Waals surface area contributed by atoms with Gasteiger partial charge in [-0.15, -0.1) is 0 Å². The van der Waals surface area contributed by atoms with Crippen LogP contribution in [-0.4, -0.2) is 10.9 Å². The second-order valence-corrected chi connectivity index (χ2v) is 6.40. The normalized spacial score (nSPS) is 11.0. The van der Waals surface area contributed by atoms with E-state index in [0.717, 1.165) is 27.8 Å². The van der Waals surface area contributed by atoms with Gasteiger partial charge in [-0.05, 0) is 62.2 Å². The number of nitrogens with one attached hydrogen (secondary N) is 2. The van der Waals surface area contributed by atoms with E-state index in [9.17, 15) is 4.79 Å². The average molecular weight is 327 g/mol. The van der Waals surface area contributed by atoms with Gasteiger partial charge in [0, 0.05) is 27.3 Å². The van der Waals surface area contributed by atoms with Crippen LogP contribution in [0.2, 0.25) is 5.02 Å². The zero-order valence-electron chi connectivity index (χ0n) is 13.5. The van der Waals surface area contributed by atoms with Crippen LogP contribution in [0.1, 0.15) is 22.4 Å². The van der Waals surface area contributed by atoms with Crippen LogP contribution in [0.15, 0.2) is 36.4 Å². The topological polar surface area (TPSA) is 44.9 Å². The van der Waals surface area contributed by atoms with Crippen molar-refractivity contribution in [2.75, 3.05) is 5.32 Å². The van der Waals surface area contributed by atoms with Gasteiger partial charge in [0.25, 0.3) is 0 Å². The SMILES string of the molecule is Cc1cc(C)c2[nH]c(C)c(CC(=O)Nc3ccc(Cl)cc3)c2c1. The van der Waals surface area contributed by atoms with Gasteiger partial charge in [0.1, 0.15) is 0 Å². The number of carbonyl (C=O) groups excluding carboxylic acids is 1. The number of halogens is 1. The third kappa shape index (κ3) is 3.25. The van der Waals surface area contributed by atoms with Crippen LogP contribution in [-0.2, 0) is 11.2 Å². The van der Waals surface area contributed by atoms with Crippen molar-refractivity contribution in [1.82, 2.24) is 4.98 Å². The van der Waals surface area contributed by atoms with E-state index < -0.39 is 0 Å². The molecular formula is C19H19ClN2O. The van der Waals surface area contributed by atoms with E-state index >= 15 is 0 Å². The number of aryl methyl sites for hydroxylation is 3. The summed E-state index contributed by atoms with van der Waals surface area (Å²) in [5.41, 5.74) is 6.37. The number of benzene rings is 2. The first-order valence-electron chi connectivity index (χ1n) is 7.58. The molecule has 0 aliphatic heterocycles. The van der Waals surface area contributed by atoms with Crippen molar-refractivity contribution in [3.8, 4) is 0 Å². The van der Waals surface area contributed by atoms with Crippen LogP contribution in [0.3, 0.4) is 0 Å². The summed E-state index contributed by atoms with van der Waals surface area (Å²) in [5.74, 6) is -0.0320. The second-order valence-electron chi connectivity index (χ2n) is 5.96. The molecule has 0 atom stereocenters. The zero-order chi connectivity index (χ0) is 16.6. The first-order chi connectivity index (χ1) is 10.9. The van der Waals surface area contributed by atoms with E-state index in [1.54, 1.807) is 24.3 Å². The van der Waals surface area contributed by atoms with Gasteiger partial charge in [-0.3, -0.25) is 4.79 Å². The van der Waals surface area contributed by atoms with Crippen LogP contribution in [0.4, 0.5) is 5.69 Å². The molecule has 3 rings (SSSR count). The molecule has 0 radical (unpaired) electrons. The molecule has 118 valence electrons. The molecule has 1 heterocycles. The van der Waals surface area contributed by atoms with Crippen molar-refractivity contribution in [3.63, 3.8) is 0 Å². The van der Waals surface area contributed by atoms with Crippen LogP contribution in [0, 0.1) is 20.8 Å². The molecule has 2 N–H and O–H groups in total. The lowest BCUT2D eigenvalue weighted by Gasteiger charge is -2.06. The van der Waals surface area contributed by atoms with Gasteiger partial charge in [-0.2, -0.15) is 0 Å². The summed E-state index contributed by atoms with van der Waals surface area (Å²) in [6.07, 6.45) is 0.345. The molecular weight excluding hydrogens is 308 g/mol. The van der Waals surface area contributed by atoms with Gasteiger partial charge in [-0.1, -0.05) is 23.2 Å². The number of fused-ring (bicyclic) bond motifs is 1. The highest BCUT2D eigenvalue weighted by Gasteiger charge is 2.14. The lowest BCUT2D eigenvalue weighted by Crippen LogP contribution is -2.14. The summed E-state index contributed by atoms with van der Waals surface area (Å²) in [4.78, 5) is 15.8. The number of hydrogen-bond donors (Lipinski definition) is 2. The largest absolute Gasteiger partial charge is 0.358 e. The Morgan fingerprint density at radius 2 is 1.83 bits per heavy atom. The van der Waals surface area contributed by atoms with Crippen LogP contribution in [0.25, 0.3) is 10.9 Å². The lowest BCUT2D eigenvalue weighted by atomic mass is 10.0. The van der Waals surface area contributed by atoms with Gasteiger partial charge < -0.3 is 10.3 Å². The number of H-pyrrole nitrogens is 1. The molecule has 0 bridgehead atoms. The minimum absolute atomic E-state index is 0.0320. The summed E-state index contributed by atoms with van der Waals surface area (Å²) in [5, 5.41) is 4.70. The zero-order valence-corrected chi connectivity index (χ0v) is 14.2. The predicted octanol–water partition coefficient (Wildman–Crippen LogP) is 4.93. The van der Waals surface area contributed by atoms with E-state index in [1.807, 2.05) is 6.92 Å². The molecule has 0 saturated carbocycles. The fourth-order valence-corrected chi connectivity index (χ4v) is 3.09. The number of carbonyl (C=O) groups is 1. The molecule has 1 amide bonds. The summed E-state index contributed by atoms with van der Waals surface area (Å²) in [6.45, 7) is 6.18. The maximum atomic E-state index is 12.4. The molecule has 0 aliphatic rings. The molecule has 3 aromatic rings. The monoisotopic (exact) mass is 326 g/mol. The summed E-state index contributed by atoms with van der Waals surface area (Å²) >= 11 is 5.86. The van der Waals surface area contributed by atoms with E-state index in [2.05, 4.69) is 36.3 Å². The highest BCUT2D eigenvalue weighted by atomic mass is 35.5. The predicted molar refractivity (Wildman–Crippen MR) is 96.3 cm³/mol.